The van der Waals surface area contributed by atoms with Gasteiger partial charge in [-0.05, 0) is 43.7 Å². The van der Waals surface area contributed by atoms with Crippen LogP contribution in [0.1, 0.15) is 19.4 Å². The molecule has 2 amide bonds. The summed E-state index contributed by atoms with van der Waals surface area (Å²) >= 11 is 12.1. The van der Waals surface area contributed by atoms with Crippen molar-refractivity contribution >= 4 is 34.9 Å². The number of amides is 2. The smallest absolute Gasteiger partial charge is 0.320 e. The first kappa shape index (κ1) is 17.4. The van der Waals surface area contributed by atoms with E-state index >= 15 is 0 Å². The first-order valence-corrected chi connectivity index (χ1v) is 7.77. The summed E-state index contributed by atoms with van der Waals surface area (Å²) < 4.78 is 5.14. The quantitative estimate of drug-likeness (QED) is 0.807. The Hall–Kier alpha value is -1.91. The molecule has 0 heterocycles. The van der Waals surface area contributed by atoms with E-state index in [1.807, 2.05) is 38.1 Å². The van der Waals surface area contributed by atoms with Gasteiger partial charge in [-0.3, -0.25) is 0 Å². The molecule has 0 radical (unpaired) electrons. The van der Waals surface area contributed by atoms with Gasteiger partial charge in [0.15, 0.2) is 0 Å². The number of methoxy groups -OCH3 is 1. The Morgan fingerprint density at radius 1 is 1.04 bits per heavy atom. The third-order valence-electron chi connectivity index (χ3n) is 3.44. The van der Waals surface area contributed by atoms with E-state index in [9.17, 15) is 4.79 Å². The van der Waals surface area contributed by atoms with E-state index in [-0.39, 0.29) is 6.03 Å². The summed E-state index contributed by atoms with van der Waals surface area (Å²) in [6, 6.07) is 12.2. The second-order valence-corrected chi connectivity index (χ2v) is 6.34. The first-order chi connectivity index (χ1) is 10.8. The first-order valence-electron chi connectivity index (χ1n) is 7.01. The topological polar surface area (TPSA) is 50.4 Å². The summed E-state index contributed by atoms with van der Waals surface area (Å²) in [5, 5.41) is 6.36. The zero-order valence-electron chi connectivity index (χ0n) is 13.1. The maximum Gasteiger partial charge on any atom is 0.320 e. The zero-order chi connectivity index (χ0) is 17.0. The molecule has 0 aliphatic heterocycles. The van der Waals surface area contributed by atoms with Crippen LogP contribution in [0.15, 0.2) is 42.5 Å². The zero-order valence-corrected chi connectivity index (χ0v) is 14.6. The van der Waals surface area contributed by atoms with Crippen molar-refractivity contribution in [3.05, 3.63) is 58.1 Å². The molecule has 4 nitrogen and oxygen atoms in total. The van der Waals surface area contributed by atoms with Gasteiger partial charge in [0.05, 0.1) is 28.4 Å². The van der Waals surface area contributed by atoms with Crippen LogP contribution in [-0.4, -0.2) is 13.1 Å². The minimum atomic E-state index is -0.579. The van der Waals surface area contributed by atoms with Crippen LogP contribution in [-0.2, 0) is 5.54 Å². The van der Waals surface area contributed by atoms with Crippen molar-refractivity contribution in [1.82, 2.24) is 5.32 Å². The van der Waals surface area contributed by atoms with Gasteiger partial charge in [0, 0.05) is 0 Å². The van der Waals surface area contributed by atoms with E-state index < -0.39 is 5.54 Å². The molecule has 0 atom stereocenters. The van der Waals surface area contributed by atoms with Crippen molar-refractivity contribution in [2.45, 2.75) is 19.4 Å². The molecule has 2 aromatic rings. The predicted octanol–water partition coefficient (Wildman–Crippen LogP) is 5.06. The van der Waals surface area contributed by atoms with E-state index in [2.05, 4.69) is 10.6 Å². The number of halogens is 2. The summed E-state index contributed by atoms with van der Waals surface area (Å²) in [7, 11) is 1.61. The van der Waals surface area contributed by atoms with Crippen LogP contribution < -0.4 is 15.4 Å². The number of carbonyl (C=O) groups is 1. The molecular weight excluding hydrogens is 335 g/mol. The molecule has 0 unspecified atom stereocenters. The second kappa shape index (κ2) is 7.11. The maximum absolute atomic E-state index is 12.3. The van der Waals surface area contributed by atoms with Crippen LogP contribution in [0.4, 0.5) is 10.5 Å². The lowest BCUT2D eigenvalue weighted by atomic mass is 9.94. The number of hydrogen-bond donors (Lipinski definition) is 2. The number of ether oxygens (including phenoxy) is 1. The lowest BCUT2D eigenvalue weighted by molar-refractivity contribution is 0.242. The molecule has 0 saturated carbocycles. The molecule has 0 fully saturated rings. The molecular formula is C17H18Cl2N2O2. The van der Waals surface area contributed by atoms with Crippen LogP contribution in [0.5, 0.6) is 5.75 Å². The number of hydrogen-bond acceptors (Lipinski definition) is 2. The number of benzene rings is 2. The van der Waals surface area contributed by atoms with Crippen LogP contribution in [0.3, 0.4) is 0 Å². The number of nitrogens with one attached hydrogen (secondary N) is 2. The number of anilines is 1. The predicted molar refractivity (Wildman–Crippen MR) is 94.6 cm³/mol. The van der Waals surface area contributed by atoms with E-state index in [0.717, 1.165) is 11.3 Å². The second-order valence-electron chi connectivity index (χ2n) is 5.53. The molecule has 0 aromatic heterocycles. The van der Waals surface area contributed by atoms with Crippen LogP contribution in [0.2, 0.25) is 10.0 Å². The fourth-order valence-electron chi connectivity index (χ4n) is 2.13. The lowest BCUT2D eigenvalue weighted by Crippen LogP contribution is -2.43. The third-order valence-corrected chi connectivity index (χ3v) is 4.07. The van der Waals surface area contributed by atoms with Crippen LogP contribution in [0.25, 0.3) is 0 Å². The molecule has 0 bridgehead atoms. The molecule has 6 heteroatoms. The Morgan fingerprint density at radius 3 is 2.13 bits per heavy atom. The third kappa shape index (κ3) is 4.30. The van der Waals surface area contributed by atoms with Gasteiger partial charge in [0.25, 0.3) is 0 Å². The van der Waals surface area contributed by atoms with Crippen molar-refractivity contribution in [3.63, 3.8) is 0 Å². The number of rotatable bonds is 4. The minimum absolute atomic E-state index is 0.384. The van der Waals surface area contributed by atoms with Crippen molar-refractivity contribution in [2.24, 2.45) is 0 Å². The van der Waals surface area contributed by atoms with Crippen molar-refractivity contribution in [2.75, 3.05) is 12.4 Å². The number of urea groups is 1. The van der Waals surface area contributed by atoms with Crippen molar-refractivity contribution in [1.29, 1.82) is 0 Å². The Morgan fingerprint density at radius 2 is 1.61 bits per heavy atom. The molecule has 2 N–H and O–H groups in total. The van der Waals surface area contributed by atoms with Gasteiger partial charge in [-0.25, -0.2) is 4.79 Å². The highest BCUT2D eigenvalue weighted by atomic mass is 35.5. The summed E-state index contributed by atoms with van der Waals surface area (Å²) in [6.45, 7) is 3.81. The SMILES string of the molecule is COc1ccc(C(C)(C)NC(=O)Nc2c(Cl)cccc2Cl)cc1. The Kier molecular flexibility index (Phi) is 5.39. The minimum Gasteiger partial charge on any atom is -0.497 e. The summed E-state index contributed by atoms with van der Waals surface area (Å²) in [5.74, 6) is 0.761. The molecule has 2 aromatic carbocycles. The highest BCUT2D eigenvalue weighted by Crippen LogP contribution is 2.30. The average Bonchev–Trinajstić information content (AvgIpc) is 2.51. The molecule has 0 saturated heterocycles. The van der Waals surface area contributed by atoms with Gasteiger partial charge in [-0.2, -0.15) is 0 Å². The maximum atomic E-state index is 12.3. The van der Waals surface area contributed by atoms with Crippen LogP contribution >= 0.6 is 23.2 Å². The molecule has 122 valence electrons. The van der Waals surface area contributed by atoms with Gasteiger partial charge >= 0.3 is 6.03 Å². The molecule has 2 rings (SSSR count). The summed E-state index contributed by atoms with van der Waals surface area (Å²) in [4.78, 5) is 12.3. The number of carbonyl (C=O) groups excluding carboxylic acids is 1. The normalized spacial score (nSPS) is 11.0. The van der Waals surface area contributed by atoms with Gasteiger partial charge in [0.2, 0.25) is 0 Å². The van der Waals surface area contributed by atoms with Gasteiger partial charge < -0.3 is 15.4 Å². The van der Waals surface area contributed by atoms with Gasteiger partial charge in [0.1, 0.15) is 5.75 Å². The van der Waals surface area contributed by atoms with Crippen LogP contribution in [0, 0.1) is 0 Å². The summed E-state index contributed by atoms with van der Waals surface area (Å²) in [5.41, 5.74) is 0.752. The number of para-hydroxylation sites is 1. The summed E-state index contributed by atoms with van der Waals surface area (Å²) in [6.07, 6.45) is 0. The Labute approximate surface area is 145 Å². The Balaban J connectivity index is 2.11. The molecule has 0 aliphatic carbocycles. The fraction of sp³-hybridized carbons (Fsp3) is 0.235. The molecule has 0 aliphatic rings. The highest BCUT2D eigenvalue weighted by molar-refractivity contribution is 6.39. The standard InChI is InChI=1S/C17H18Cl2N2O2/c1-17(2,11-7-9-12(23-3)10-8-11)21-16(22)20-15-13(18)5-4-6-14(15)19/h4-10H,1-3H3,(H2,20,21,22). The largest absolute Gasteiger partial charge is 0.497 e. The monoisotopic (exact) mass is 352 g/mol. The van der Waals surface area contributed by atoms with E-state index in [1.54, 1.807) is 25.3 Å². The fourth-order valence-corrected chi connectivity index (χ4v) is 2.62. The Bertz CT molecular complexity index is 680. The van der Waals surface area contributed by atoms with E-state index in [1.165, 1.54) is 0 Å². The van der Waals surface area contributed by atoms with Crippen molar-refractivity contribution < 1.29 is 9.53 Å². The van der Waals surface area contributed by atoms with Crippen molar-refractivity contribution in [3.8, 4) is 5.75 Å². The van der Waals surface area contributed by atoms with Gasteiger partial charge in [-0.1, -0.05) is 41.4 Å². The average molecular weight is 353 g/mol. The molecule has 0 spiro atoms. The van der Waals surface area contributed by atoms with E-state index in [4.69, 9.17) is 27.9 Å². The highest BCUT2D eigenvalue weighted by Gasteiger charge is 2.23. The van der Waals surface area contributed by atoms with Gasteiger partial charge in [-0.15, -0.1) is 0 Å². The van der Waals surface area contributed by atoms with E-state index in [0.29, 0.717) is 15.7 Å². The lowest BCUT2D eigenvalue weighted by Gasteiger charge is -2.27. The molecule has 23 heavy (non-hydrogen) atoms.